The summed E-state index contributed by atoms with van der Waals surface area (Å²) in [5.74, 6) is 0.0372. The normalized spacial score (nSPS) is 11.2. The van der Waals surface area contributed by atoms with Crippen molar-refractivity contribution < 1.29 is 14.3 Å². The Labute approximate surface area is 98.7 Å². The number of hydrogen-bond acceptors (Lipinski definition) is 3. The molecule has 0 bridgehead atoms. The molecule has 0 radical (unpaired) electrons. The molecule has 0 aromatic heterocycles. The van der Waals surface area contributed by atoms with E-state index >= 15 is 0 Å². The molecule has 0 fully saturated rings. The maximum atomic E-state index is 11.1. The quantitative estimate of drug-likeness (QED) is 0.791. The predicted octanol–water partition coefficient (Wildman–Crippen LogP) is 2.76. The lowest BCUT2D eigenvalue weighted by Gasteiger charge is -2.18. The van der Waals surface area contributed by atoms with Gasteiger partial charge in [0.15, 0.2) is 5.78 Å². The molecule has 4 heteroatoms. The molecule has 0 aromatic rings. The van der Waals surface area contributed by atoms with Crippen molar-refractivity contribution in [3.8, 4) is 0 Å². The molecule has 96 valence electrons. The third-order valence-electron chi connectivity index (χ3n) is 1.82. The lowest BCUT2D eigenvalue weighted by atomic mass is 10.0. The molecule has 0 aliphatic rings. The first-order valence-corrected chi connectivity index (χ1v) is 5.92. The molecule has 0 aliphatic carbocycles. The lowest BCUT2D eigenvalue weighted by Crippen LogP contribution is -2.43. The van der Waals surface area contributed by atoms with Crippen LogP contribution >= 0.6 is 0 Å². The van der Waals surface area contributed by atoms with E-state index in [0.29, 0.717) is 6.61 Å². The molecule has 0 saturated carbocycles. The Morgan fingerprint density at radius 3 is 2.06 bits per heavy atom. The first kappa shape index (κ1) is 17.3. The van der Waals surface area contributed by atoms with E-state index in [-0.39, 0.29) is 11.7 Å². The van der Waals surface area contributed by atoms with Gasteiger partial charge in [0.25, 0.3) is 0 Å². The fourth-order valence-corrected chi connectivity index (χ4v) is 1.10. The molecule has 0 spiro atoms. The van der Waals surface area contributed by atoms with Crippen LogP contribution in [0.5, 0.6) is 0 Å². The van der Waals surface area contributed by atoms with Crippen LogP contribution in [0.4, 0.5) is 4.79 Å². The number of nitrogens with one attached hydrogen (secondary N) is 1. The van der Waals surface area contributed by atoms with Crippen LogP contribution in [0.1, 0.15) is 48.0 Å². The molecule has 0 rings (SSSR count). The highest BCUT2D eigenvalue weighted by Gasteiger charge is 2.20. The SMILES string of the molecule is CC.CCCOC(=O)NC(C(C)=O)C(C)C. The summed E-state index contributed by atoms with van der Waals surface area (Å²) in [5, 5.41) is 2.54. The summed E-state index contributed by atoms with van der Waals surface area (Å²) in [4.78, 5) is 22.3. The highest BCUT2D eigenvalue weighted by Crippen LogP contribution is 2.02. The van der Waals surface area contributed by atoms with Gasteiger partial charge in [-0.05, 0) is 19.3 Å². The van der Waals surface area contributed by atoms with Crippen molar-refractivity contribution in [3.63, 3.8) is 0 Å². The zero-order valence-corrected chi connectivity index (χ0v) is 11.3. The molecule has 0 aliphatic heterocycles. The van der Waals surface area contributed by atoms with Gasteiger partial charge >= 0.3 is 6.09 Å². The first-order valence-electron chi connectivity index (χ1n) is 5.92. The largest absolute Gasteiger partial charge is 0.450 e. The van der Waals surface area contributed by atoms with Gasteiger partial charge < -0.3 is 10.1 Å². The smallest absolute Gasteiger partial charge is 0.407 e. The van der Waals surface area contributed by atoms with E-state index in [1.54, 1.807) is 0 Å². The summed E-state index contributed by atoms with van der Waals surface area (Å²) in [5.41, 5.74) is 0. The van der Waals surface area contributed by atoms with Crippen molar-refractivity contribution in [2.24, 2.45) is 5.92 Å². The van der Waals surface area contributed by atoms with Gasteiger partial charge in [0.1, 0.15) is 0 Å². The van der Waals surface area contributed by atoms with Gasteiger partial charge in [-0.2, -0.15) is 0 Å². The Morgan fingerprint density at radius 1 is 1.25 bits per heavy atom. The van der Waals surface area contributed by atoms with Crippen molar-refractivity contribution in [1.29, 1.82) is 0 Å². The third-order valence-corrected chi connectivity index (χ3v) is 1.82. The Morgan fingerprint density at radius 2 is 1.75 bits per heavy atom. The van der Waals surface area contributed by atoms with Crippen LogP contribution in [0.25, 0.3) is 0 Å². The first-order chi connectivity index (χ1) is 7.49. The second kappa shape index (κ2) is 10.5. The number of amides is 1. The average molecular weight is 231 g/mol. The predicted molar refractivity (Wildman–Crippen MR) is 65.4 cm³/mol. The number of rotatable bonds is 5. The molecule has 16 heavy (non-hydrogen) atoms. The van der Waals surface area contributed by atoms with Crippen molar-refractivity contribution in [1.82, 2.24) is 5.32 Å². The van der Waals surface area contributed by atoms with Crippen LogP contribution in [0.2, 0.25) is 0 Å². The van der Waals surface area contributed by atoms with E-state index in [1.807, 2.05) is 34.6 Å². The number of Topliss-reactive ketones (excluding diaryl/α,β-unsaturated/α-hetero) is 1. The maximum absolute atomic E-state index is 11.1. The van der Waals surface area contributed by atoms with Crippen LogP contribution in [0.15, 0.2) is 0 Å². The van der Waals surface area contributed by atoms with Gasteiger partial charge in [-0.1, -0.05) is 34.6 Å². The molecule has 1 atom stereocenters. The molecule has 0 saturated heterocycles. The highest BCUT2D eigenvalue weighted by atomic mass is 16.5. The van der Waals surface area contributed by atoms with Crippen LogP contribution < -0.4 is 5.32 Å². The number of ketones is 1. The van der Waals surface area contributed by atoms with E-state index in [1.165, 1.54) is 6.92 Å². The van der Waals surface area contributed by atoms with Gasteiger partial charge in [0, 0.05) is 0 Å². The Balaban J connectivity index is 0. The molecular weight excluding hydrogens is 206 g/mol. The van der Waals surface area contributed by atoms with Gasteiger partial charge in [0.2, 0.25) is 0 Å². The molecular formula is C12H25NO3. The average Bonchev–Trinajstić information content (AvgIpc) is 2.25. The van der Waals surface area contributed by atoms with E-state index in [4.69, 9.17) is 4.74 Å². The monoisotopic (exact) mass is 231 g/mol. The second-order valence-corrected chi connectivity index (χ2v) is 3.61. The van der Waals surface area contributed by atoms with Crippen molar-refractivity contribution in [2.75, 3.05) is 6.61 Å². The van der Waals surface area contributed by atoms with E-state index in [0.717, 1.165) is 6.42 Å². The van der Waals surface area contributed by atoms with E-state index in [2.05, 4.69) is 5.32 Å². The molecule has 1 N–H and O–H groups in total. The maximum Gasteiger partial charge on any atom is 0.407 e. The van der Waals surface area contributed by atoms with Crippen LogP contribution in [0.3, 0.4) is 0 Å². The summed E-state index contributed by atoms with van der Waals surface area (Å²) in [6.45, 7) is 11.5. The fourth-order valence-electron chi connectivity index (χ4n) is 1.10. The minimum Gasteiger partial charge on any atom is -0.450 e. The van der Waals surface area contributed by atoms with Gasteiger partial charge in [-0.15, -0.1) is 0 Å². The molecule has 1 unspecified atom stereocenters. The molecule has 1 amide bonds. The van der Waals surface area contributed by atoms with Gasteiger partial charge in [0.05, 0.1) is 12.6 Å². The summed E-state index contributed by atoms with van der Waals surface area (Å²) < 4.78 is 4.82. The van der Waals surface area contributed by atoms with Crippen molar-refractivity contribution in [3.05, 3.63) is 0 Å². The summed E-state index contributed by atoms with van der Waals surface area (Å²) in [7, 11) is 0. The van der Waals surface area contributed by atoms with Gasteiger partial charge in [-0.25, -0.2) is 4.79 Å². The summed E-state index contributed by atoms with van der Waals surface area (Å²) >= 11 is 0. The van der Waals surface area contributed by atoms with E-state index < -0.39 is 12.1 Å². The second-order valence-electron chi connectivity index (χ2n) is 3.61. The minimum atomic E-state index is -0.513. The standard InChI is InChI=1S/C10H19NO3.C2H6/c1-5-6-14-10(13)11-9(7(2)3)8(4)12;1-2/h7,9H,5-6H2,1-4H3,(H,11,13);1-2H3. The summed E-state index contributed by atoms with van der Waals surface area (Å²) in [6.07, 6.45) is 0.264. The topological polar surface area (TPSA) is 55.4 Å². The Kier molecular flexibility index (Phi) is 11.3. The highest BCUT2D eigenvalue weighted by molar-refractivity contribution is 5.85. The molecule has 0 aromatic carbocycles. The fraction of sp³-hybridized carbons (Fsp3) is 0.833. The molecule has 4 nitrogen and oxygen atoms in total. The Bertz CT molecular complexity index is 202. The third kappa shape index (κ3) is 8.26. The zero-order valence-electron chi connectivity index (χ0n) is 11.3. The minimum absolute atomic E-state index is 0.0477. The van der Waals surface area contributed by atoms with Crippen molar-refractivity contribution in [2.45, 2.75) is 54.0 Å². The van der Waals surface area contributed by atoms with Crippen molar-refractivity contribution >= 4 is 11.9 Å². The lowest BCUT2D eigenvalue weighted by molar-refractivity contribution is -0.119. The number of carbonyl (C=O) groups excluding carboxylic acids is 2. The zero-order chi connectivity index (χ0) is 13.1. The number of alkyl carbamates (subject to hydrolysis) is 1. The van der Waals surface area contributed by atoms with Crippen LogP contribution in [0, 0.1) is 5.92 Å². The summed E-state index contributed by atoms with van der Waals surface area (Å²) in [6, 6.07) is -0.445. The Hall–Kier alpha value is -1.06. The number of hydrogen-bond donors (Lipinski definition) is 1. The molecule has 0 heterocycles. The van der Waals surface area contributed by atoms with Gasteiger partial charge in [-0.3, -0.25) is 4.79 Å². The number of ether oxygens (including phenoxy) is 1. The van der Waals surface area contributed by atoms with Crippen LogP contribution in [-0.4, -0.2) is 24.5 Å². The van der Waals surface area contributed by atoms with E-state index in [9.17, 15) is 9.59 Å². The van der Waals surface area contributed by atoms with Crippen LogP contribution in [-0.2, 0) is 9.53 Å². The number of carbonyl (C=O) groups is 2.